The molecule has 0 radical (unpaired) electrons. The lowest BCUT2D eigenvalue weighted by atomic mass is 9.94. The summed E-state index contributed by atoms with van der Waals surface area (Å²) >= 11 is 0. The highest BCUT2D eigenvalue weighted by molar-refractivity contribution is 5.94. The fourth-order valence-corrected chi connectivity index (χ4v) is 5.28. The Labute approximate surface area is 200 Å². The predicted molar refractivity (Wildman–Crippen MR) is 130 cm³/mol. The zero-order chi connectivity index (χ0) is 23.3. The van der Waals surface area contributed by atoms with Crippen LogP contribution in [-0.2, 0) is 4.79 Å². The molecule has 0 bridgehead atoms. The molecule has 1 atom stereocenters. The average Bonchev–Trinajstić information content (AvgIpc) is 3.45. The molecule has 3 heterocycles. The van der Waals surface area contributed by atoms with E-state index in [-0.39, 0.29) is 23.8 Å². The molecule has 2 fully saturated rings. The summed E-state index contributed by atoms with van der Waals surface area (Å²) < 4.78 is 5.06. The second-order valence-electron chi connectivity index (χ2n) is 9.19. The first-order valence-corrected chi connectivity index (χ1v) is 12.1. The zero-order valence-electron chi connectivity index (χ0n) is 19.4. The molecular formula is C28H31N3O3. The number of rotatable bonds is 5. The van der Waals surface area contributed by atoms with Crippen molar-refractivity contribution in [2.45, 2.75) is 18.9 Å². The number of nitrogens with zero attached hydrogens (tertiary/aromatic N) is 3. The molecule has 3 aromatic rings. The summed E-state index contributed by atoms with van der Waals surface area (Å²) in [4.78, 5) is 32.4. The summed E-state index contributed by atoms with van der Waals surface area (Å²) in [6, 6.07) is 23.0. The molecule has 2 saturated heterocycles. The molecule has 2 aromatic carbocycles. The molecule has 176 valence electrons. The van der Waals surface area contributed by atoms with Crippen molar-refractivity contribution in [1.29, 1.82) is 0 Å². The Hall–Kier alpha value is -3.38. The Bertz CT molecular complexity index is 1040. The number of carbonyl (C=O) groups is 2. The molecule has 1 unspecified atom stereocenters. The highest BCUT2D eigenvalue weighted by Gasteiger charge is 2.34. The lowest BCUT2D eigenvalue weighted by Gasteiger charge is -2.42. The van der Waals surface area contributed by atoms with E-state index in [1.165, 1.54) is 23.7 Å². The normalized spacial score (nSPS) is 19.4. The number of piperazine rings is 1. The number of likely N-dealkylation sites (tertiary alicyclic amines) is 1. The van der Waals surface area contributed by atoms with Crippen molar-refractivity contribution in [3.8, 4) is 0 Å². The Kier molecular flexibility index (Phi) is 6.77. The van der Waals surface area contributed by atoms with Crippen LogP contribution >= 0.6 is 0 Å². The van der Waals surface area contributed by atoms with Crippen molar-refractivity contribution in [2.24, 2.45) is 5.92 Å². The van der Waals surface area contributed by atoms with E-state index in [0.717, 1.165) is 25.9 Å². The van der Waals surface area contributed by atoms with E-state index >= 15 is 0 Å². The third kappa shape index (κ3) is 4.77. The first-order valence-electron chi connectivity index (χ1n) is 12.1. The van der Waals surface area contributed by atoms with Crippen LogP contribution in [0, 0.1) is 5.92 Å². The Morgan fingerprint density at radius 3 is 2.03 bits per heavy atom. The first-order chi connectivity index (χ1) is 16.7. The fraction of sp³-hybridized carbons (Fsp3) is 0.357. The number of hydrogen-bond donors (Lipinski definition) is 0. The minimum absolute atomic E-state index is 0.0513. The van der Waals surface area contributed by atoms with Crippen molar-refractivity contribution in [2.75, 3.05) is 39.3 Å². The Morgan fingerprint density at radius 1 is 0.794 bits per heavy atom. The SMILES string of the molecule is O=C(c1ccoc1)N1CCCC(C(=O)N2CCN(C(c3ccccc3)c3ccccc3)CC2)C1. The molecule has 0 N–H and O–H groups in total. The lowest BCUT2D eigenvalue weighted by Crippen LogP contribution is -2.53. The summed E-state index contributed by atoms with van der Waals surface area (Å²) in [5, 5.41) is 0. The number of furan rings is 1. The predicted octanol–water partition coefficient (Wildman–Crippen LogP) is 4.07. The van der Waals surface area contributed by atoms with Gasteiger partial charge in [-0.1, -0.05) is 60.7 Å². The third-order valence-corrected chi connectivity index (χ3v) is 7.05. The summed E-state index contributed by atoms with van der Waals surface area (Å²) in [5.74, 6) is 0.000133. The van der Waals surface area contributed by atoms with E-state index in [1.807, 2.05) is 17.0 Å². The van der Waals surface area contributed by atoms with Gasteiger partial charge in [-0.15, -0.1) is 0 Å². The van der Waals surface area contributed by atoms with Crippen LogP contribution < -0.4 is 0 Å². The molecule has 0 spiro atoms. The van der Waals surface area contributed by atoms with E-state index in [1.54, 1.807) is 11.0 Å². The van der Waals surface area contributed by atoms with Crippen LogP contribution in [-0.4, -0.2) is 65.8 Å². The van der Waals surface area contributed by atoms with Crippen LogP contribution in [0.15, 0.2) is 83.7 Å². The van der Waals surface area contributed by atoms with Gasteiger partial charge in [0.05, 0.1) is 23.8 Å². The van der Waals surface area contributed by atoms with Crippen LogP contribution in [0.3, 0.4) is 0 Å². The average molecular weight is 458 g/mol. The molecule has 0 aliphatic carbocycles. The second-order valence-corrected chi connectivity index (χ2v) is 9.19. The minimum Gasteiger partial charge on any atom is -0.472 e. The second kappa shape index (κ2) is 10.3. The van der Waals surface area contributed by atoms with Gasteiger partial charge in [-0.3, -0.25) is 14.5 Å². The van der Waals surface area contributed by atoms with Crippen LogP contribution in [0.2, 0.25) is 0 Å². The molecule has 6 nitrogen and oxygen atoms in total. The van der Waals surface area contributed by atoms with Crippen LogP contribution in [0.4, 0.5) is 0 Å². The molecular weight excluding hydrogens is 426 g/mol. The molecule has 5 rings (SSSR count). The quantitative estimate of drug-likeness (QED) is 0.580. The highest BCUT2D eigenvalue weighted by atomic mass is 16.3. The van der Waals surface area contributed by atoms with Gasteiger partial charge in [-0.05, 0) is 30.0 Å². The summed E-state index contributed by atoms with van der Waals surface area (Å²) in [6.07, 6.45) is 4.68. The van der Waals surface area contributed by atoms with Gasteiger partial charge in [0.25, 0.3) is 5.91 Å². The topological polar surface area (TPSA) is 57.0 Å². The van der Waals surface area contributed by atoms with Crippen molar-refractivity contribution in [3.63, 3.8) is 0 Å². The van der Waals surface area contributed by atoms with Crippen LogP contribution in [0.1, 0.15) is 40.4 Å². The van der Waals surface area contributed by atoms with Gasteiger partial charge in [0, 0.05) is 39.3 Å². The molecule has 2 aliphatic rings. The molecule has 1 aromatic heterocycles. The van der Waals surface area contributed by atoms with Gasteiger partial charge in [-0.2, -0.15) is 0 Å². The first kappa shape index (κ1) is 22.4. The Balaban J connectivity index is 1.23. The van der Waals surface area contributed by atoms with Gasteiger partial charge in [0.15, 0.2) is 0 Å². The number of hydrogen-bond acceptors (Lipinski definition) is 4. The monoisotopic (exact) mass is 457 g/mol. The largest absolute Gasteiger partial charge is 0.472 e. The maximum absolute atomic E-state index is 13.4. The molecule has 6 heteroatoms. The summed E-state index contributed by atoms with van der Waals surface area (Å²) in [7, 11) is 0. The van der Waals surface area contributed by atoms with Crippen molar-refractivity contribution in [1.82, 2.24) is 14.7 Å². The summed E-state index contributed by atoms with van der Waals surface area (Å²) in [6.45, 7) is 4.24. The van der Waals surface area contributed by atoms with Gasteiger partial charge in [0.1, 0.15) is 6.26 Å². The fourth-order valence-electron chi connectivity index (χ4n) is 5.28. The van der Waals surface area contributed by atoms with E-state index in [0.29, 0.717) is 31.7 Å². The maximum atomic E-state index is 13.4. The Morgan fingerprint density at radius 2 is 1.44 bits per heavy atom. The van der Waals surface area contributed by atoms with Crippen LogP contribution in [0.5, 0.6) is 0 Å². The standard InChI is InChI=1S/C28H31N3O3/c32-27(24-12-7-14-31(20-24)28(33)25-13-19-34-21-25)30-17-15-29(16-18-30)26(22-8-3-1-4-9-22)23-10-5-2-6-11-23/h1-6,8-11,13,19,21,24,26H,7,12,14-18,20H2. The lowest BCUT2D eigenvalue weighted by molar-refractivity contribution is -0.139. The van der Waals surface area contributed by atoms with Gasteiger partial charge < -0.3 is 14.2 Å². The molecule has 0 saturated carbocycles. The van der Waals surface area contributed by atoms with Crippen molar-refractivity contribution >= 4 is 11.8 Å². The van der Waals surface area contributed by atoms with Crippen molar-refractivity contribution < 1.29 is 14.0 Å². The summed E-state index contributed by atoms with van der Waals surface area (Å²) in [5.41, 5.74) is 3.10. The van der Waals surface area contributed by atoms with E-state index in [4.69, 9.17) is 4.42 Å². The number of benzene rings is 2. The highest BCUT2D eigenvalue weighted by Crippen LogP contribution is 2.30. The van der Waals surface area contributed by atoms with Crippen molar-refractivity contribution in [3.05, 3.63) is 95.9 Å². The van der Waals surface area contributed by atoms with Gasteiger partial charge in [-0.25, -0.2) is 0 Å². The number of piperidine rings is 1. The number of carbonyl (C=O) groups excluding carboxylic acids is 2. The smallest absolute Gasteiger partial charge is 0.257 e. The van der Waals surface area contributed by atoms with Gasteiger partial charge in [0.2, 0.25) is 5.91 Å². The minimum atomic E-state index is -0.129. The zero-order valence-corrected chi connectivity index (χ0v) is 19.4. The molecule has 2 aliphatic heterocycles. The third-order valence-electron chi connectivity index (χ3n) is 7.05. The maximum Gasteiger partial charge on any atom is 0.257 e. The number of amides is 2. The molecule has 34 heavy (non-hydrogen) atoms. The van der Waals surface area contributed by atoms with E-state index in [9.17, 15) is 9.59 Å². The van der Waals surface area contributed by atoms with E-state index in [2.05, 4.69) is 53.4 Å². The van der Waals surface area contributed by atoms with Gasteiger partial charge >= 0.3 is 0 Å². The molecule has 2 amide bonds. The van der Waals surface area contributed by atoms with Crippen LogP contribution in [0.25, 0.3) is 0 Å². The van der Waals surface area contributed by atoms with E-state index < -0.39 is 0 Å².